The third-order valence-electron chi connectivity index (χ3n) is 5.90. The molecule has 2 fully saturated rings. The number of likely N-dealkylation sites (tertiary alicyclic amines) is 1. The first kappa shape index (κ1) is 23.9. The number of halogens is 1. The number of hydrogen-bond acceptors (Lipinski definition) is 4. The van der Waals surface area contributed by atoms with Crippen LogP contribution in [0, 0.1) is 12.8 Å². The zero-order valence-corrected chi connectivity index (χ0v) is 20.5. The fourth-order valence-electron chi connectivity index (χ4n) is 3.94. The largest absolute Gasteiger partial charge is 0.354 e. The number of nitrogens with zero attached hydrogens (tertiary/aromatic N) is 5. The summed E-state index contributed by atoms with van der Waals surface area (Å²) >= 11 is 0. The molecule has 1 aromatic heterocycles. The van der Waals surface area contributed by atoms with Gasteiger partial charge in [0.15, 0.2) is 11.8 Å². The Morgan fingerprint density at radius 2 is 1.69 bits per heavy atom. The van der Waals surface area contributed by atoms with E-state index in [4.69, 9.17) is 4.99 Å². The van der Waals surface area contributed by atoms with E-state index in [0.29, 0.717) is 18.6 Å². The van der Waals surface area contributed by atoms with Crippen molar-refractivity contribution in [3.05, 3.63) is 11.6 Å². The van der Waals surface area contributed by atoms with Gasteiger partial charge < -0.3 is 20.1 Å². The third-order valence-corrected chi connectivity index (χ3v) is 5.90. The fourth-order valence-corrected chi connectivity index (χ4v) is 3.94. The Kier molecular flexibility index (Phi) is 9.16. The number of guanidine groups is 1. The Balaban J connectivity index is 0.00000300. The summed E-state index contributed by atoms with van der Waals surface area (Å²) in [5.74, 6) is 2.95. The highest BCUT2D eigenvalue weighted by Crippen LogP contribution is 2.18. The highest BCUT2D eigenvalue weighted by Gasteiger charge is 2.25. The molecule has 8 nitrogen and oxygen atoms in total. The minimum atomic E-state index is 0. The van der Waals surface area contributed by atoms with Crippen LogP contribution in [0.5, 0.6) is 0 Å². The van der Waals surface area contributed by atoms with Crippen molar-refractivity contribution < 1.29 is 4.79 Å². The van der Waals surface area contributed by atoms with Gasteiger partial charge in [-0.3, -0.25) is 4.79 Å². The summed E-state index contributed by atoms with van der Waals surface area (Å²) in [7, 11) is 1.97. The topological polar surface area (TPSA) is 87.4 Å². The maximum atomic E-state index is 12.2. The molecule has 2 aliphatic rings. The molecule has 0 atom stereocenters. The third kappa shape index (κ3) is 6.55. The van der Waals surface area contributed by atoms with E-state index >= 15 is 0 Å². The van der Waals surface area contributed by atoms with E-state index < -0.39 is 0 Å². The van der Waals surface area contributed by atoms with E-state index in [1.165, 1.54) is 25.7 Å². The monoisotopic (exact) mass is 517 g/mol. The van der Waals surface area contributed by atoms with Crippen LogP contribution >= 0.6 is 24.0 Å². The van der Waals surface area contributed by atoms with Crippen molar-refractivity contribution in [2.75, 3.05) is 13.1 Å². The van der Waals surface area contributed by atoms with Gasteiger partial charge in [-0.25, -0.2) is 4.99 Å². The summed E-state index contributed by atoms with van der Waals surface area (Å²) < 4.78 is 1.98. The van der Waals surface area contributed by atoms with Crippen molar-refractivity contribution in [1.29, 1.82) is 0 Å². The summed E-state index contributed by atoms with van der Waals surface area (Å²) in [6.07, 6.45) is 6.86. The molecule has 1 aliphatic carbocycles. The lowest BCUT2D eigenvalue weighted by Crippen LogP contribution is -2.51. The molecule has 1 saturated carbocycles. The van der Waals surface area contributed by atoms with E-state index in [1.807, 2.05) is 37.3 Å². The highest BCUT2D eigenvalue weighted by atomic mass is 127. The number of amides is 1. The minimum absolute atomic E-state index is 0. The zero-order valence-electron chi connectivity index (χ0n) is 18.1. The molecule has 164 valence electrons. The molecular formula is C20H36IN7O. The predicted octanol–water partition coefficient (Wildman–Crippen LogP) is 2.37. The van der Waals surface area contributed by atoms with Gasteiger partial charge in [0.25, 0.3) is 0 Å². The van der Waals surface area contributed by atoms with Gasteiger partial charge in [0.1, 0.15) is 12.4 Å². The van der Waals surface area contributed by atoms with Gasteiger partial charge in [-0.15, -0.1) is 34.2 Å². The Bertz CT molecular complexity index is 689. The van der Waals surface area contributed by atoms with Crippen LogP contribution in [-0.4, -0.2) is 56.7 Å². The molecule has 0 radical (unpaired) electrons. The number of aliphatic imine (C=N–C) groups is 1. The maximum Gasteiger partial charge on any atom is 0.225 e. The van der Waals surface area contributed by atoms with Crippen molar-refractivity contribution in [2.24, 2.45) is 18.0 Å². The molecule has 9 heteroatoms. The van der Waals surface area contributed by atoms with Crippen LogP contribution in [0.2, 0.25) is 0 Å². The summed E-state index contributed by atoms with van der Waals surface area (Å²) in [4.78, 5) is 19.0. The second kappa shape index (κ2) is 11.1. The number of carbonyl (C=O) groups excluding carboxylic acids is 1. The van der Waals surface area contributed by atoms with E-state index in [2.05, 4.69) is 20.8 Å². The summed E-state index contributed by atoms with van der Waals surface area (Å²) in [6.45, 7) is 8.02. The maximum absolute atomic E-state index is 12.2. The van der Waals surface area contributed by atoms with Gasteiger partial charge in [0.05, 0.1) is 0 Å². The Morgan fingerprint density at radius 3 is 2.21 bits per heavy atom. The molecule has 3 rings (SSSR count). The first-order chi connectivity index (χ1) is 13.4. The molecule has 1 aliphatic heterocycles. The number of nitrogens with one attached hydrogen (secondary N) is 2. The minimum Gasteiger partial charge on any atom is -0.354 e. The van der Waals surface area contributed by atoms with Crippen molar-refractivity contribution in [2.45, 2.75) is 77.9 Å². The van der Waals surface area contributed by atoms with E-state index in [9.17, 15) is 4.79 Å². The van der Waals surface area contributed by atoms with E-state index in [1.54, 1.807) is 0 Å². The summed E-state index contributed by atoms with van der Waals surface area (Å²) in [5.41, 5.74) is 0. The average molecular weight is 517 g/mol. The highest BCUT2D eigenvalue weighted by molar-refractivity contribution is 14.0. The van der Waals surface area contributed by atoms with Crippen LogP contribution in [-0.2, 0) is 18.4 Å². The Hall–Kier alpha value is -1.39. The Morgan fingerprint density at radius 1 is 1.10 bits per heavy atom. The normalized spacial score (nSPS) is 18.8. The van der Waals surface area contributed by atoms with Crippen molar-refractivity contribution in [3.8, 4) is 0 Å². The summed E-state index contributed by atoms with van der Waals surface area (Å²) in [6, 6.07) is 0.834. The van der Waals surface area contributed by atoms with Crippen LogP contribution < -0.4 is 10.6 Å². The molecule has 2 heterocycles. The fraction of sp³-hybridized carbons (Fsp3) is 0.800. The van der Waals surface area contributed by atoms with Crippen LogP contribution in [0.15, 0.2) is 4.99 Å². The number of hydrogen-bond donors (Lipinski definition) is 2. The van der Waals surface area contributed by atoms with Gasteiger partial charge >= 0.3 is 0 Å². The molecular weight excluding hydrogens is 481 g/mol. The van der Waals surface area contributed by atoms with Gasteiger partial charge in [0, 0.05) is 38.1 Å². The van der Waals surface area contributed by atoms with Crippen molar-refractivity contribution in [3.63, 3.8) is 0 Å². The number of aromatic nitrogens is 3. The number of rotatable bonds is 5. The van der Waals surface area contributed by atoms with Gasteiger partial charge in [-0.2, -0.15) is 0 Å². The molecule has 0 unspecified atom stereocenters. The second-order valence-electron chi connectivity index (χ2n) is 8.41. The lowest BCUT2D eigenvalue weighted by atomic mass is 10.0. The number of carbonyl (C=O) groups is 1. The van der Waals surface area contributed by atoms with Crippen LogP contribution in [0.1, 0.15) is 64.0 Å². The van der Waals surface area contributed by atoms with Gasteiger partial charge in [0.2, 0.25) is 5.91 Å². The second-order valence-corrected chi connectivity index (χ2v) is 8.41. The zero-order chi connectivity index (χ0) is 20.1. The average Bonchev–Trinajstić information content (AvgIpc) is 3.30. The van der Waals surface area contributed by atoms with E-state index in [0.717, 1.165) is 43.5 Å². The van der Waals surface area contributed by atoms with Gasteiger partial charge in [-0.1, -0.05) is 26.7 Å². The lowest BCUT2D eigenvalue weighted by molar-refractivity contribution is -0.135. The standard InChI is InChI=1S/C20H35N7O.HI/c1-14(2)19(28)27-11-9-17(10-12-27)23-20(22-16-7-5-6-8-16)21-13-18-25-24-15(3)26(18)4;/h14,16-17H,5-13H2,1-4H3,(H2,21,22,23);1H. The van der Waals surface area contributed by atoms with E-state index in [-0.39, 0.29) is 35.8 Å². The molecule has 1 aromatic rings. The lowest BCUT2D eigenvalue weighted by Gasteiger charge is -2.34. The number of piperidine rings is 1. The smallest absolute Gasteiger partial charge is 0.225 e. The molecule has 0 spiro atoms. The predicted molar refractivity (Wildman–Crippen MR) is 125 cm³/mol. The first-order valence-corrected chi connectivity index (χ1v) is 10.6. The molecule has 0 aromatic carbocycles. The van der Waals surface area contributed by atoms with Crippen LogP contribution in [0.3, 0.4) is 0 Å². The van der Waals surface area contributed by atoms with Crippen molar-refractivity contribution in [1.82, 2.24) is 30.3 Å². The molecule has 29 heavy (non-hydrogen) atoms. The summed E-state index contributed by atoms with van der Waals surface area (Å²) in [5, 5.41) is 15.6. The van der Waals surface area contributed by atoms with Gasteiger partial charge in [-0.05, 0) is 32.6 Å². The molecule has 0 bridgehead atoms. The quantitative estimate of drug-likeness (QED) is 0.356. The molecule has 2 N–H and O–H groups in total. The van der Waals surface area contributed by atoms with Crippen molar-refractivity contribution >= 4 is 35.8 Å². The van der Waals surface area contributed by atoms with Crippen LogP contribution in [0.25, 0.3) is 0 Å². The Labute approximate surface area is 191 Å². The number of aryl methyl sites for hydroxylation is 1. The SMILES string of the molecule is Cc1nnc(CN=C(NC2CCCC2)NC2CCN(C(=O)C(C)C)CC2)n1C.I. The molecule has 1 saturated heterocycles. The van der Waals surface area contributed by atoms with Crippen LogP contribution in [0.4, 0.5) is 0 Å². The first-order valence-electron chi connectivity index (χ1n) is 10.6. The molecule has 1 amide bonds.